The van der Waals surface area contributed by atoms with Crippen LogP contribution in [0.4, 0.5) is 5.69 Å². The molecule has 2 amide bonds. The number of benzene rings is 2. The molecule has 7 nitrogen and oxygen atoms in total. The predicted octanol–water partition coefficient (Wildman–Crippen LogP) is 5.14. The summed E-state index contributed by atoms with van der Waals surface area (Å²) >= 11 is 13.4. The van der Waals surface area contributed by atoms with Gasteiger partial charge in [-0.3, -0.25) is 9.59 Å². The lowest BCUT2D eigenvalue weighted by Gasteiger charge is -2.24. The van der Waals surface area contributed by atoms with Gasteiger partial charge in [0, 0.05) is 24.2 Å². The summed E-state index contributed by atoms with van der Waals surface area (Å²) in [6, 6.07) is 12.4. The molecule has 1 atom stereocenters. The average Bonchev–Trinajstić information content (AvgIpc) is 3.40. The fraction of sp³-hybridized carbons (Fsp3) is 0.304. The maximum absolute atomic E-state index is 13.1. The number of carbonyl (C=O) groups is 2. The number of rotatable bonds is 6. The zero-order valence-corrected chi connectivity index (χ0v) is 20.5. The quantitative estimate of drug-likeness (QED) is 0.471. The van der Waals surface area contributed by atoms with E-state index < -0.39 is 0 Å². The number of hydrogen-bond acceptors (Lipinski definition) is 5. The van der Waals surface area contributed by atoms with E-state index >= 15 is 0 Å². The first-order chi connectivity index (χ1) is 15.8. The summed E-state index contributed by atoms with van der Waals surface area (Å²) in [4.78, 5) is 27.4. The Bertz CT molecular complexity index is 1200. The molecule has 1 fully saturated rings. The average molecular weight is 504 g/mol. The van der Waals surface area contributed by atoms with Gasteiger partial charge in [0.2, 0.25) is 5.91 Å². The van der Waals surface area contributed by atoms with Crippen LogP contribution in [0.3, 0.4) is 0 Å². The lowest BCUT2D eigenvalue weighted by atomic mass is 10.1. The monoisotopic (exact) mass is 503 g/mol. The molecule has 2 aromatic carbocycles. The highest BCUT2D eigenvalue weighted by atomic mass is 35.5. The summed E-state index contributed by atoms with van der Waals surface area (Å²) in [5, 5.41) is 12.9. The summed E-state index contributed by atoms with van der Waals surface area (Å²) in [6.45, 7) is 2.65. The molecule has 1 saturated heterocycles. The van der Waals surface area contributed by atoms with Crippen LogP contribution in [0.2, 0.25) is 10.0 Å². The summed E-state index contributed by atoms with van der Waals surface area (Å²) in [7, 11) is 1.86. The zero-order chi connectivity index (χ0) is 23.5. The molecule has 33 heavy (non-hydrogen) atoms. The fourth-order valence-electron chi connectivity index (χ4n) is 3.87. The number of halogens is 2. The molecule has 1 unspecified atom stereocenters. The third-order valence-electron chi connectivity index (χ3n) is 5.48. The number of carbonyl (C=O) groups excluding carboxylic acids is 2. The van der Waals surface area contributed by atoms with E-state index in [4.69, 9.17) is 23.2 Å². The number of thioether (sulfide) groups is 1. The van der Waals surface area contributed by atoms with Gasteiger partial charge < -0.3 is 14.8 Å². The van der Waals surface area contributed by atoms with Crippen molar-refractivity contribution in [1.29, 1.82) is 0 Å². The Morgan fingerprint density at radius 2 is 2.00 bits per heavy atom. The molecule has 172 valence electrons. The first-order valence-corrected chi connectivity index (χ1v) is 12.2. The minimum absolute atomic E-state index is 0.00354. The van der Waals surface area contributed by atoms with E-state index in [1.165, 1.54) is 11.8 Å². The maximum atomic E-state index is 13.1. The van der Waals surface area contributed by atoms with Crippen LogP contribution in [0.15, 0.2) is 47.6 Å². The van der Waals surface area contributed by atoms with E-state index in [9.17, 15) is 9.59 Å². The Balaban J connectivity index is 1.43. The van der Waals surface area contributed by atoms with Crippen molar-refractivity contribution in [2.75, 3.05) is 17.6 Å². The molecule has 4 rings (SSSR count). The third-order valence-corrected chi connectivity index (χ3v) is 7.07. The van der Waals surface area contributed by atoms with Crippen molar-refractivity contribution >= 4 is 52.5 Å². The van der Waals surface area contributed by atoms with Crippen molar-refractivity contribution in [1.82, 2.24) is 19.7 Å². The second-order valence-corrected chi connectivity index (χ2v) is 9.67. The Kier molecular flexibility index (Phi) is 7.26. The summed E-state index contributed by atoms with van der Waals surface area (Å²) in [5.41, 5.74) is 2.19. The van der Waals surface area contributed by atoms with Crippen LogP contribution >= 0.6 is 35.0 Å². The van der Waals surface area contributed by atoms with Gasteiger partial charge in [-0.2, -0.15) is 0 Å². The van der Waals surface area contributed by atoms with E-state index in [0.717, 1.165) is 18.4 Å². The minimum Gasteiger partial charge on any atom is -0.328 e. The highest BCUT2D eigenvalue weighted by Crippen LogP contribution is 2.33. The number of nitrogens with zero attached hydrogens (tertiary/aromatic N) is 4. The summed E-state index contributed by atoms with van der Waals surface area (Å²) in [5.74, 6) is 0.613. The third kappa shape index (κ3) is 5.34. The molecule has 1 aliphatic heterocycles. The van der Waals surface area contributed by atoms with Gasteiger partial charge in [0.15, 0.2) is 11.0 Å². The molecule has 0 aliphatic carbocycles. The van der Waals surface area contributed by atoms with Gasteiger partial charge in [-0.15, -0.1) is 10.2 Å². The molecule has 0 radical (unpaired) electrons. The number of likely N-dealkylation sites (tertiary alicyclic amines) is 1. The molecular weight excluding hydrogens is 481 g/mol. The molecule has 1 aliphatic rings. The first-order valence-electron chi connectivity index (χ1n) is 10.5. The number of anilines is 1. The highest BCUT2D eigenvalue weighted by Gasteiger charge is 2.34. The van der Waals surface area contributed by atoms with Crippen LogP contribution in [0.25, 0.3) is 0 Å². The number of aryl methyl sites for hydroxylation is 1. The van der Waals surface area contributed by atoms with Crippen LogP contribution in [-0.2, 0) is 11.8 Å². The van der Waals surface area contributed by atoms with Gasteiger partial charge in [0.05, 0.1) is 22.5 Å². The van der Waals surface area contributed by atoms with Gasteiger partial charge >= 0.3 is 0 Å². The summed E-state index contributed by atoms with van der Waals surface area (Å²) < 4.78 is 1.86. The Hall–Kier alpha value is -2.55. The standard InChI is InChI=1S/C23H23Cl2N5O2S/c1-14-5-3-6-15(11-14)22(32)30-10-4-7-19(30)21-27-28-23(29(21)2)33-13-20(31)26-18-12-16(24)8-9-17(18)25/h3,5-6,8-9,11-12,19H,4,7,10,13H2,1-2H3,(H,26,31). The second-order valence-electron chi connectivity index (χ2n) is 7.89. The van der Waals surface area contributed by atoms with Crippen molar-refractivity contribution in [2.24, 2.45) is 7.05 Å². The molecule has 0 spiro atoms. The lowest BCUT2D eigenvalue weighted by Crippen LogP contribution is -2.32. The Morgan fingerprint density at radius 1 is 1.18 bits per heavy atom. The molecule has 10 heteroatoms. The van der Waals surface area contributed by atoms with Crippen LogP contribution in [0, 0.1) is 6.92 Å². The summed E-state index contributed by atoms with van der Waals surface area (Å²) in [6.07, 6.45) is 1.72. The number of aromatic nitrogens is 3. The van der Waals surface area contributed by atoms with E-state index in [1.807, 2.05) is 47.7 Å². The molecule has 1 aromatic heterocycles. The molecule has 1 N–H and O–H groups in total. The van der Waals surface area contributed by atoms with E-state index in [-0.39, 0.29) is 23.6 Å². The van der Waals surface area contributed by atoms with Crippen LogP contribution in [-0.4, -0.2) is 43.8 Å². The molecule has 0 saturated carbocycles. The Morgan fingerprint density at radius 3 is 2.79 bits per heavy atom. The Labute approximate surface area is 206 Å². The molecule has 0 bridgehead atoms. The van der Waals surface area contributed by atoms with E-state index in [1.54, 1.807) is 18.2 Å². The van der Waals surface area contributed by atoms with Gasteiger partial charge in [0.25, 0.3) is 5.91 Å². The molecular formula is C23H23Cl2N5O2S. The van der Waals surface area contributed by atoms with Crippen LogP contribution in [0.1, 0.15) is 40.6 Å². The predicted molar refractivity (Wildman–Crippen MR) is 131 cm³/mol. The van der Waals surface area contributed by atoms with Crippen molar-refractivity contribution in [3.8, 4) is 0 Å². The number of hydrogen-bond donors (Lipinski definition) is 1. The van der Waals surface area contributed by atoms with Crippen LogP contribution < -0.4 is 5.32 Å². The van der Waals surface area contributed by atoms with Crippen molar-refractivity contribution in [2.45, 2.75) is 31.0 Å². The number of amides is 2. The lowest BCUT2D eigenvalue weighted by molar-refractivity contribution is -0.113. The fourth-order valence-corrected chi connectivity index (χ4v) is 4.93. The number of nitrogens with one attached hydrogen (secondary N) is 1. The largest absolute Gasteiger partial charge is 0.328 e. The highest BCUT2D eigenvalue weighted by molar-refractivity contribution is 7.99. The van der Waals surface area contributed by atoms with Gasteiger partial charge in [-0.1, -0.05) is 52.7 Å². The van der Waals surface area contributed by atoms with Crippen LogP contribution in [0.5, 0.6) is 0 Å². The smallest absolute Gasteiger partial charge is 0.254 e. The topological polar surface area (TPSA) is 80.1 Å². The van der Waals surface area contributed by atoms with Crippen molar-refractivity contribution in [3.05, 3.63) is 69.5 Å². The van der Waals surface area contributed by atoms with E-state index in [0.29, 0.717) is 38.8 Å². The van der Waals surface area contributed by atoms with E-state index in [2.05, 4.69) is 15.5 Å². The van der Waals surface area contributed by atoms with Gasteiger partial charge in [-0.05, 0) is 50.1 Å². The van der Waals surface area contributed by atoms with Crippen molar-refractivity contribution in [3.63, 3.8) is 0 Å². The molecule has 2 heterocycles. The molecule has 3 aromatic rings. The SMILES string of the molecule is Cc1cccc(C(=O)N2CCCC2c2nnc(SCC(=O)Nc3cc(Cl)ccc3Cl)n2C)c1. The first kappa shape index (κ1) is 23.6. The maximum Gasteiger partial charge on any atom is 0.254 e. The normalized spacial score (nSPS) is 15.6. The second kappa shape index (κ2) is 10.2. The van der Waals surface area contributed by atoms with Gasteiger partial charge in [-0.25, -0.2) is 0 Å². The minimum atomic E-state index is -0.231. The van der Waals surface area contributed by atoms with Gasteiger partial charge in [0.1, 0.15) is 0 Å². The zero-order valence-electron chi connectivity index (χ0n) is 18.2. The van der Waals surface area contributed by atoms with Crippen molar-refractivity contribution < 1.29 is 9.59 Å².